The zero-order valence-corrected chi connectivity index (χ0v) is 12.1. The number of aryl methyl sites for hydroxylation is 2. The van der Waals surface area contributed by atoms with E-state index in [2.05, 4.69) is 39.8 Å². The zero-order valence-electron chi connectivity index (χ0n) is 12.1. The smallest absolute Gasteiger partial charge is 0.0893 e. The highest BCUT2D eigenvalue weighted by atomic mass is 14.9. The first-order valence-corrected chi connectivity index (χ1v) is 7.24. The van der Waals surface area contributed by atoms with E-state index in [4.69, 9.17) is 9.97 Å². The molecule has 1 heterocycles. The van der Waals surface area contributed by atoms with E-state index in [1.807, 2.05) is 0 Å². The SMILES string of the molecule is Cc1cc2nc3c(nc2cc1C)[C@@H]1C[C@H](C3)C1(C)C. The molecule has 0 radical (unpaired) electrons. The second-order valence-corrected chi connectivity index (χ2v) is 6.99. The van der Waals surface area contributed by atoms with Gasteiger partial charge in [-0.1, -0.05) is 13.8 Å². The Hall–Kier alpha value is -1.44. The van der Waals surface area contributed by atoms with Crippen LogP contribution in [0, 0.1) is 25.2 Å². The van der Waals surface area contributed by atoms with Crippen LogP contribution in [-0.4, -0.2) is 9.97 Å². The quantitative estimate of drug-likeness (QED) is 0.710. The fraction of sp³-hybridized carbons (Fsp3) is 0.529. The number of rotatable bonds is 0. The van der Waals surface area contributed by atoms with Crippen molar-refractivity contribution in [3.05, 3.63) is 34.6 Å². The molecule has 0 amide bonds. The molecule has 19 heavy (non-hydrogen) atoms. The minimum Gasteiger partial charge on any atom is -0.249 e. The van der Waals surface area contributed by atoms with Crippen LogP contribution in [0.15, 0.2) is 12.1 Å². The molecule has 3 aliphatic carbocycles. The van der Waals surface area contributed by atoms with Gasteiger partial charge in [0.15, 0.2) is 0 Å². The molecule has 1 aromatic carbocycles. The predicted molar refractivity (Wildman–Crippen MR) is 77.3 cm³/mol. The zero-order chi connectivity index (χ0) is 13.4. The lowest BCUT2D eigenvalue weighted by molar-refractivity contribution is 0.0142. The number of hydrogen-bond donors (Lipinski definition) is 0. The van der Waals surface area contributed by atoms with Crippen LogP contribution in [0.4, 0.5) is 0 Å². The highest BCUT2D eigenvalue weighted by molar-refractivity contribution is 5.77. The van der Waals surface area contributed by atoms with Crippen molar-refractivity contribution < 1.29 is 0 Å². The lowest BCUT2D eigenvalue weighted by Gasteiger charge is -2.55. The Kier molecular flexibility index (Phi) is 2.01. The molecule has 3 aliphatic rings. The first kappa shape index (κ1) is 11.4. The number of hydrogen-bond acceptors (Lipinski definition) is 2. The molecule has 2 atom stereocenters. The maximum atomic E-state index is 4.97. The molecule has 1 saturated carbocycles. The molecular weight excluding hydrogens is 232 g/mol. The van der Waals surface area contributed by atoms with E-state index >= 15 is 0 Å². The lowest BCUT2D eigenvalue weighted by Crippen LogP contribution is -2.48. The number of benzene rings is 1. The fourth-order valence-electron chi connectivity index (χ4n) is 3.85. The Balaban J connectivity index is 1.96. The molecular formula is C17H20N2. The van der Waals surface area contributed by atoms with E-state index in [-0.39, 0.29) is 0 Å². The summed E-state index contributed by atoms with van der Waals surface area (Å²) in [6.45, 7) is 9.08. The van der Waals surface area contributed by atoms with Gasteiger partial charge in [-0.05, 0) is 61.3 Å². The van der Waals surface area contributed by atoms with Gasteiger partial charge in [-0.3, -0.25) is 0 Å². The van der Waals surface area contributed by atoms with Crippen molar-refractivity contribution in [3.8, 4) is 0 Å². The molecule has 0 spiro atoms. The summed E-state index contributed by atoms with van der Waals surface area (Å²) in [6.07, 6.45) is 2.43. The fourth-order valence-corrected chi connectivity index (χ4v) is 3.85. The molecule has 0 N–H and O–H groups in total. The largest absolute Gasteiger partial charge is 0.249 e. The van der Waals surface area contributed by atoms with Gasteiger partial charge in [0.1, 0.15) is 0 Å². The monoisotopic (exact) mass is 252 g/mol. The van der Waals surface area contributed by atoms with Crippen molar-refractivity contribution >= 4 is 11.0 Å². The Bertz CT molecular complexity index is 700. The van der Waals surface area contributed by atoms with Gasteiger partial charge in [0.25, 0.3) is 0 Å². The summed E-state index contributed by atoms with van der Waals surface area (Å²) in [6, 6.07) is 4.37. The maximum Gasteiger partial charge on any atom is 0.0893 e. The molecule has 2 nitrogen and oxygen atoms in total. The molecule has 0 aliphatic heterocycles. The van der Waals surface area contributed by atoms with Gasteiger partial charge in [0.05, 0.1) is 22.4 Å². The van der Waals surface area contributed by atoms with Crippen molar-refractivity contribution in [1.82, 2.24) is 9.97 Å². The van der Waals surface area contributed by atoms with Crippen LogP contribution in [0.3, 0.4) is 0 Å². The summed E-state index contributed by atoms with van der Waals surface area (Å²) in [5.74, 6) is 1.43. The third-order valence-electron chi connectivity index (χ3n) is 5.62. The highest BCUT2D eigenvalue weighted by Crippen LogP contribution is 2.61. The molecule has 5 rings (SSSR count). The van der Waals surface area contributed by atoms with Crippen molar-refractivity contribution in [2.24, 2.45) is 11.3 Å². The summed E-state index contributed by atoms with van der Waals surface area (Å²) < 4.78 is 0. The van der Waals surface area contributed by atoms with Crippen molar-refractivity contribution in [3.63, 3.8) is 0 Å². The first-order valence-electron chi connectivity index (χ1n) is 7.24. The molecule has 98 valence electrons. The normalized spacial score (nSPS) is 26.9. The predicted octanol–water partition coefficient (Wildman–Crippen LogP) is 3.93. The van der Waals surface area contributed by atoms with Crippen LogP contribution in [-0.2, 0) is 6.42 Å². The second kappa shape index (κ2) is 3.36. The first-order chi connectivity index (χ1) is 8.96. The van der Waals surface area contributed by atoms with Crippen LogP contribution in [0.5, 0.6) is 0 Å². The third-order valence-corrected chi connectivity index (χ3v) is 5.62. The van der Waals surface area contributed by atoms with Crippen LogP contribution >= 0.6 is 0 Å². The van der Waals surface area contributed by atoms with Gasteiger partial charge in [0, 0.05) is 5.92 Å². The van der Waals surface area contributed by atoms with Crippen LogP contribution in [0.25, 0.3) is 11.0 Å². The van der Waals surface area contributed by atoms with Gasteiger partial charge in [-0.2, -0.15) is 0 Å². The van der Waals surface area contributed by atoms with Crippen molar-refractivity contribution in [1.29, 1.82) is 0 Å². The molecule has 1 aromatic heterocycles. The minimum atomic E-state index is 0.426. The van der Waals surface area contributed by atoms with Crippen molar-refractivity contribution in [2.45, 2.75) is 46.5 Å². The van der Waals surface area contributed by atoms with E-state index in [1.165, 1.54) is 28.9 Å². The summed E-state index contributed by atoms with van der Waals surface area (Å²) in [5.41, 5.74) is 7.73. The van der Waals surface area contributed by atoms with E-state index in [0.717, 1.165) is 23.4 Å². The van der Waals surface area contributed by atoms with Gasteiger partial charge < -0.3 is 0 Å². The van der Waals surface area contributed by atoms with Crippen LogP contribution < -0.4 is 0 Å². The van der Waals surface area contributed by atoms with E-state index in [9.17, 15) is 0 Å². The molecule has 2 bridgehead atoms. The van der Waals surface area contributed by atoms with E-state index in [0.29, 0.717) is 11.3 Å². The lowest BCUT2D eigenvalue weighted by atomic mass is 9.49. The molecule has 2 heteroatoms. The molecule has 2 aromatic rings. The molecule has 1 fully saturated rings. The van der Waals surface area contributed by atoms with E-state index < -0.39 is 0 Å². The summed E-state index contributed by atoms with van der Waals surface area (Å²) in [5, 5.41) is 0. The Morgan fingerprint density at radius 2 is 1.68 bits per heavy atom. The Labute approximate surface area is 114 Å². The second-order valence-electron chi connectivity index (χ2n) is 6.99. The van der Waals surface area contributed by atoms with Gasteiger partial charge in [0.2, 0.25) is 0 Å². The Morgan fingerprint density at radius 3 is 2.32 bits per heavy atom. The summed E-state index contributed by atoms with van der Waals surface area (Å²) in [4.78, 5) is 9.87. The average molecular weight is 252 g/mol. The van der Waals surface area contributed by atoms with Crippen molar-refractivity contribution in [2.75, 3.05) is 0 Å². The Morgan fingerprint density at radius 1 is 1.05 bits per heavy atom. The van der Waals surface area contributed by atoms with Gasteiger partial charge in [-0.25, -0.2) is 9.97 Å². The topological polar surface area (TPSA) is 25.8 Å². The van der Waals surface area contributed by atoms with E-state index in [1.54, 1.807) is 0 Å². The summed E-state index contributed by atoms with van der Waals surface area (Å²) >= 11 is 0. The highest BCUT2D eigenvalue weighted by Gasteiger charge is 2.53. The third kappa shape index (κ3) is 1.37. The molecule has 0 saturated heterocycles. The number of aromatic nitrogens is 2. The summed E-state index contributed by atoms with van der Waals surface area (Å²) in [7, 11) is 0. The minimum absolute atomic E-state index is 0.426. The average Bonchev–Trinajstić information content (AvgIpc) is 2.37. The van der Waals surface area contributed by atoms with Gasteiger partial charge in [-0.15, -0.1) is 0 Å². The van der Waals surface area contributed by atoms with Crippen LogP contribution in [0.1, 0.15) is 48.7 Å². The standard InChI is InChI=1S/C17H20N2/c1-9-5-13-14(6-10(9)2)19-16-12-7-11(17(12,3)4)8-15(16)18-13/h5-6,11-12H,7-8H2,1-4H3/t11-,12+/m1/s1. The van der Waals surface area contributed by atoms with Crippen LogP contribution in [0.2, 0.25) is 0 Å². The van der Waals surface area contributed by atoms with Gasteiger partial charge >= 0.3 is 0 Å². The molecule has 0 unspecified atom stereocenters. The maximum absolute atomic E-state index is 4.97. The number of fused-ring (bicyclic) bond motifs is 1. The number of nitrogens with zero attached hydrogens (tertiary/aromatic N) is 2.